The van der Waals surface area contributed by atoms with E-state index in [9.17, 15) is 4.79 Å². The summed E-state index contributed by atoms with van der Waals surface area (Å²) in [5.74, 6) is 0.356. The first kappa shape index (κ1) is 15.7. The van der Waals surface area contributed by atoms with E-state index in [1.165, 1.54) is 19.3 Å². The molecular weight excluding hydrogens is 288 g/mol. The highest BCUT2D eigenvalue weighted by Crippen LogP contribution is 2.26. The number of benzene rings is 1. The van der Waals surface area contributed by atoms with E-state index in [0.717, 1.165) is 18.5 Å². The third-order valence-electron chi connectivity index (χ3n) is 4.63. The van der Waals surface area contributed by atoms with E-state index >= 15 is 0 Å². The highest BCUT2D eigenvalue weighted by Gasteiger charge is 2.25. The Bertz CT molecular complexity index is 631. The standard InChI is InChI=1S/C18H24N4O/c19-13-17(14-7-3-1-4-8-14)20-18(23)16-11-12-22(21-16)15-9-5-2-6-10-15/h2,5-6,9-12,14,17H,1,3-4,7-8,13,19H2,(H,20,23). The average molecular weight is 312 g/mol. The number of hydrogen-bond acceptors (Lipinski definition) is 3. The van der Waals surface area contributed by atoms with Crippen LogP contribution in [-0.4, -0.2) is 28.3 Å². The minimum absolute atomic E-state index is 0.0460. The van der Waals surface area contributed by atoms with Crippen LogP contribution >= 0.6 is 0 Å². The second-order valence-corrected chi connectivity index (χ2v) is 6.19. The molecule has 1 atom stereocenters. The summed E-state index contributed by atoms with van der Waals surface area (Å²) in [4.78, 5) is 12.5. The number of carbonyl (C=O) groups is 1. The minimum atomic E-state index is -0.138. The number of nitrogens with zero attached hydrogens (tertiary/aromatic N) is 2. The minimum Gasteiger partial charge on any atom is -0.346 e. The molecule has 1 aliphatic rings. The zero-order chi connectivity index (χ0) is 16.1. The van der Waals surface area contributed by atoms with E-state index in [-0.39, 0.29) is 11.9 Å². The summed E-state index contributed by atoms with van der Waals surface area (Å²) in [6.45, 7) is 0.482. The van der Waals surface area contributed by atoms with Gasteiger partial charge in [-0.1, -0.05) is 37.5 Å². The van der Waals surface area contributed by atoms with Gasteiger partial charge >= 0.3 is 0 Å². The second-order valence-electron chi connectivity index (χ2n) is 6.19. The molecule has 1 fully saturated rings. The van der Waals surface area contributed by atoms with Gasteiger partial charge in [0.1, 0.15) is 0 Å². The van der Waals surface area contributed by atoms with Crippen LogP contribution in [-0.2, 0) is 0 Å². The highest BCUT2D eigenvalue weighted by atomic mass is 16.2. The largest absolute Gasteiger partial charge is 0.346 e. The maximum absolute atomic E-state index is 12.5. The van der Waals surface area contributed by atoms with Crippen LogP contribution in [0.3, 0.4) is 0 Å². The Hall–Kier alpha value is -2.14. The van der Waals surface area contributed by atoms with Crippen molar-refractivity contribution in [2.75, 3.05) is 6.54 Å². The molecule has 0 spiro atoms. The van der Waals surface area contributed by atoms with Crippen molar-refractivity contribution in [1.82, 2.24) is 15.1 Å². The average Bonchev–Trinajstić information content (AvgIpc) is 3.11. The van der Waals surface area contributed by atoms with Crippen LogP contribution in [0.5, 0.6) is 0 Å². The Labute approximate surface area is 136 Å². The first-order chi connectivity index (χ1) is 11.3. The third-order valence-corrected chi connectivity index (χ3v) is 4.63. The number of rotatable bonds is 5. The quantitative estimate of drug-likeness (QED) is 0.891. The molecule has 122 valence electrons. The van der Waals surface area contributed by atoms with Gasteiger partial charge in [-0.25, -0.2) is 4.68 Å². The van der Waals surface area contributed by atoms with Crippen molar-refractivity contribution in [3.63, 3.8) is 0 Å². The molecule has 0 saturated heterocycles. The Morgan fingerprint density at radius 2 is 1.96 bits per heavy atom. The number of aromatic nitrogens is 2. The van der Waals surface area contributed by atoms with Gasteiger partial charge in [0.05, 0.1) is 5.69 Å². The van der Waals surface area contributed by atoms with E-state index < -0.39 is 0 Å². The summed E-state index contributed by atoms with van der Waals surface area (Å²) in [6.07, 6.45) is 7.88. The van der Waals surface area contributed by atoms with E-state index in [1.807, 2.05) is 36.5 Å². The number of nitrogens with one attached hydrogen (secondary N) is 1. The fraction of sp³-hybridized carbons (Fsp3) is 0.444. The van der Waals surface area contributed by atoms with E-state index in [4.69, 9.17) is 5.73 Å². The van der Waals surface area contributed by atoms with Crippen LogP contribution in [0, 0.1) is 5.92 Å². The van der Waals surface area contributed by atoms with Crippen molar-refractivity contribution in [1.29, 1.82) is 0 Å². The van der Waals surface area contributed by atoms with Gasteiger partial charge in [-0.2, -0.15) is 5.10 Å². The molecule has 0 aliphatic heterocycles. The molecule has 1 aromatic carbocycles. The van der Waals surface area contributed by atoms with Gasteiger partial charge in [-0.05, 0) is 37.0 Å². The Balaban J connectivity index is 1.67. The topological polar surface area (TPSA) is 72.9 Å². The molecule has 0 bridgehead atoms. The van der Waals surface area contributed by atoms with Crippen LogP contribution in [0.4, 0.5) is 0 Å². The predicted molar refractivity (Wildman–Crippen MR) is 90.4 cm³/mol. The van der Waals surface area contributed by atoms with Gasteiger partial charge in [0.2, 0.25) is 0 Å². The fourth-order valence-electron chi connectivity index (χ4n) is 3.32. The first-order valence-electron chi connectivity index (χ1n) is 8.40. The lowest BCUT2D eigenvalue weighted by Crippen LogP contribution is -2.46. The van der Waals surface area contributed by atoms with Crippen molar-refractivity contribution < 1.29 is 4.79 Å². The zero-order valence-corrected chi connectivity index (χ0v) is 13.3. The van der Waals surface area contributed by atoms with Crippen LogP contribution < -0.4 is 11.1 Å². The molecule has 0 radical (unpaired) electrons. The highest BCUT2D eigenvalue weighted by molar-refractivity contribution is 5.92. The molecule has 5 heteroatoms. The van der Waals surface area contributed by atoms with E-state index in [2.05, 4.69) is 10.4 Å². The number of amides is 1. The summed E-state index contributed by atoms with van der Waals surface area (Å²) in [6, 6.07) is 11.6. The first-order valence-corrected chi connectivity index (χ1v) is 8.40. The molecule has 23 heavy (non-hydrogen) atoms. The van der Waals surface area contributed by atoms with Crippen molar-refractivity contribution >= 4 is 5.91 Å². The summed E-state index contributed by atoms with van der Waals surface area (Å²) in [7, 11) is 0. The van der Waals surface area contributed by atoms with Gasteiger partial charge in [-0.15, -0.1) is 0 Å². The molecule has 1 aliphatic carbocycles. The fourth-order valence-corrected chi connectivity index (χ4v) is 3.32. The van der Waals surface area contributed by atoms with E-state index in [0.29, 0.717) is 18.2 Å². The molecule has 3 rings (SSSR count). The van der Waals surface area contributed by atoms with Gasteiger partial charge in [0.15, 0.2) is 5.69 Å². The van der Waals surface area contributed by atoms with E-state index in [1.54, 1.807) is 10.7 Å². The van der Waals surface area contributed by atoms with Crippen molar-refractivity contribution in [2.24, 2.45) is 11.7 Å². The second kappa shape index (κ2) is 7.42. The molecule has 1 heterocycles. The lowest BCUT2D eigenvalue weighted by Gasteiger charge is -2.29. The van der Waals surface area contributed by atoms with Crippen LogP contribution in [0.25, 0.3) is 5.69 Å². The summed E-state index contributed by atoms with van der Waals surface area (Å²) >= 11 is 0. The molecule has 1 unspecified atom stereocenters. The molecular formula is C18H24N4O. The van der Waals surface area contributed by atoms with Gasteiger partial charge < -0.3 is 11.1 Å². The van der Waals surface area contributed by atoms with Gasteiger partial charge in [0.25, 0.3) is 5.91 Å². The number of hydrogen-bond donors (Lipinski definition) is 2. The normalized spacial score (nSPS) is 16.9. The van der Waals surface area contributed by atoms with Crippen molar-refractivity contribution in [3.8, 4) is 5.69 Å². The lowest BCUT2D eigenvalue weighted by atomic mass is 9.84. The maximum atomic E-state index is 12.5. The Morgan fingerprint density at radius 1 is 1.22 bits per heavy atom. The number of nitrogens with two attached hydrogens (primary N) is 1. The van der Waals surface area contributed by atoms with Gasteiger partial charge in [0, 0.05) is 18.8 Å². The number of carbonyl (C=O) groups excluding carboxylic acids is 1. The molecule has 1 saturated carbocycles. The maximum Gasteiger partial charge on any atom is 0.272 e. The molecule has 1 aromatic heterocycles. The SMILES string of the molecule is NCC(NC(=O)c1ccn(-c2ccccc2)n1)C1CCCCC1. The summed E-state index contributed by atoms with van der Waals surface area (Å²) in [5, 5.41) is 7.45. The van der Waals surface area contributed by atoms with Crippen LogP contribution in [0.2, 0.25) is 0 Å². The molecule has 2 aromatic rings. The zero-order valence-electron chi connectivity index (χ0n) is 13.3. The van der Waals surface area contributed by atoms with Crippen LogP contribution in [0.15, 0.2) is 42.6 Å². The smallest absolute Gasteiger partial charge is 0.272 e. The Kier molecular flexibility index (Phi) is 5.08. The Morgan fingerprint density at radius 3 is 2.65 bits per heavy atom. The molecule has 1 amide bonds. The summed E-state index contributed by atoms with van der Waals surface area (Å²) < 4.78 is 1.72. The predicted octanol–water partition coefficient (Wildman–Crippen LogP) is 2.51. The monoisotopic (exact) mass is 312 g/mol. The molecule has 5 nitrogen and oxygen atoms in total. The summed E-state index contributed by atoms with van der Waals surface area (Å²) in [5.41, 5.74) is 7.26. The van der Waals surface area contributed by atoms with Crippen molar-refractivity contribution in [3.05, 3.63) is 48.3 Å². The molecule has 3 N–H and O–H groups in total. The lowest BCUT2D eigenvalue weighted by molar-refractivity contribution is 0.0910. The van der Waals surface area contributed by atoms with Gasteiger partial charge in [-0.3, -0.25) is 4.79 Å². The number of para-hydroxylation sites is 1. The van der Waals surface area contributed by atoms with Crippen molar-refractivity contribution in [2.45, 2.75) is 38.1 Å². The van der Waals surface area contributed by atoms with Crippen LogP contribution in [0.1, 0.15) is 42.6 Å². The third kappa shape index (κ3) is 3.79.